The third-order valence-corrected chi connectivity index (χ3v) is 4.61. The lowest BCUT2D eigenvalue weighted by molar-refractivity contribution is 0.734. The highest BCUT2D eigenvalue weighted by molar-refractivity contribution is 5.73. The largest absolute Gasteiger partial charge is 0.371 e. The van der Waals surface area contributed by atoms with Gasteiger partial charge in [-0.2, -0.15) is 0 Å². The number of para-hydroxylation sites is 2. The molecule has 2 aromatic carbocycles. The Balaban J connectivity index is 1.62. The number of hydrogen-bond donors (Lipinski definition) is 1. The summed E-state index contributed by atoms with van der Waals surface area (Å²) in [5, 5.41) is 3.42. The Morgan fingerprint density at radius 1 is 0.952 bits per heavy atom. The normalized spacial score (nSPS) is 16.8. The van der Waals surface area contributed by atoms with E-state index in [-0.39, 0.29) is 0 Å². The van der Waals surface area contributed by atoms with Gasteiger partial charge in [-0.1, -0.05) is 30.3 Å². The molecule has 0 saturated heterocycles. The highest BCUT2D eigenvalue weighted by Gasteiger charge is 2.20. The second-order valence-corrected chi connectivity index (χ2v) is 6.04. The van der Waals surface area contributed by atoms with Gasteiger partial charge in [-0.05, 0) is 28.8 Å². The molecule has 108 valence electrons. The molecule has 3 nitrogen and oxygen atoms in total. The van der Waals surface area contributed by atoms with Crippen molar-refractivity contribution in [2.24, 2.45) is 0 Å². The molecule has 21 heavy (non-hydrogen) atoms. The molecule has 0 atom stereocenters. The quantitative estimate of drug-likeness (QED) is 0.912. The first-order valence-corrected chi connectivity index (χ1v) is 7.68. The summed E-state index contributed by atoms with van der Waals surface area (Å²) in [5.74, 6) is 0. The summed E-state index contributed by atoms with van der Waals surface area (Å²) in [6.45, 7) is 5.21. The second kappa shape index (κ2) is 5.08. The van der Waals surface area contributed by atoms with Gasteiger partial charge in [0.1, 0.15) is 0 Å². The summed E-state index contributed by atoms with van der Waals surface area (Å²) in [6.07, 6.45) is 0. The fourth-order valence-corrected chi connectivity index (χ4v) is 3.40. The minimum atomic E-state index is 0.998. The second-order valence-electron chi connectivity index (χ2n) is 6.04. The van der Waals surface area contributed by atoms with Crippen LogP contribution in [0.3, 0.4) is 0 Å². The molecular formula is C18H21N3. The minimum absolute atomic E-state index is 0.998. The van der Waals surface area contributed by atoms with Crippen molar-refractivity contribution in [3.63, 3.8) is 0 Å². The van der Waals surface area contributed by atoms with Crippen LogP contribution in [0.4, 0.5) is 11.4 Å². The van der Waals surface area contributed by atoms with Gasteiger partial charge in [0.15, 0.2) is 0 Å². The number of benzene rings is 2. The summed E-state index contributed by atoms with van der Waals surface area (Å²) in [7, 11) is 2.18. The van der Waals surface area contributed by atoms with Crippen LogP contribution >= 0.6 is 0 Å². The number of fused-ring (bicyclic) bond motifs is 2. The molecule has 0 spiro atoms. The lowest BCUT2D eigenvalue weighted by Gasteiger charge is -2.37. The van der Waals surface area contributed by atoms with Crippen LogP contribution < -0.4 is 15.1 Å². The third kappa shape index (κ3) is 2.28. The molecule has 0 aromatic heterocycles. The molecule has 0 amide bonds. The van der Waals surface area contributed by atoms with E-state index in [1.807, 2.05) is 0 Å². The summed E-state index contributed by atoms with van der Waals surface area (Å²) in [5.41, 5.74) is 7.03. The Bertz CT molecular complexity index is 665. The van der Waals surface area contributed by atoms with Crippen LogP contribution in [0.15, 0.2) is 42.5 Å². The van der Waals surface area contributed by atoms with Gasteiger partial charge in [0.2, 0.25) is 0 Å². The Kier molecular flexibility index (Phi) is 3.08. The smallest absolute Gasteiger partial charge is 0.0607 e. The van der Waals surface area contributed by atoms with Gasteiger partial charge in [-0.15, -0.1) is 0 Å². The Morgan fingerprint density at radius 3 is 2.67 bits per heavy atom. The van der Waals surface area contributed by atoms with Crippen LogP contribution in [0.5, 0.6) is 0 Å². The number of hydrogen-bond acceptors (Lipinski definition) is 3. The topological polar surface area (TPSA) is 18.5 Å². The molecule has 2 heterocycles. The molecule has 3 heteroatoms. The van der Waals surface area contributed by atoms with Crippen molar-refractivity contribution in [1.29, 1.82) is 0 Å². The van der Waals surface area contributed by atoms with E-state index in [2.05, 4.69) is 64.6 Å². The lowest BCUT2D eigenvalue weighted by atomic mass is 10.1. The molecule has 0 aliphatic carbocycles. The average Bonchev–Trinajstić information content (AvgIpc) is 2.98. The standard InChI is InChI=1S/C18H21N3/c1-20-8-9-21(18-5-3-2-4-17(18)20)13-14-6-7-15-11-19-12-16(15)10-14/h2-7,10,19H,8-9,11-13H2,1H3. The first-order valence-electron chi connectivity index (χ1n) is 7.68. The van der Waals surface area contributed by atoms with E-state index in [9.17, 15) is 0 Å². The number of nitrogens with one attached hydrogen (secondary N) is 1. The zero-order valence-corrected chi connectivity index (χ0v) is 12.5. The van der Waals surface area contributed by atoms with Crippen LogP contribution in [0.2, 0.25) is 0 Å². The van der Waals surface area contributed by atoms with Gasteiger partial charge in [0.25, 0.3) is 0 Å². The van der Waals surface area contributed by atoms with Crippen LogP contribution in [0.1, 0.15) is 16.7 Å². The SMILES string of the molecule is CN1CCN(Cc2ccc3c(c2)CNC3)c2ccccc21. The maximum atomic E-state index is 3.42. The summed E-state index contributed by atoms with van der Waals surface area (Å²) in [6, 6.07) is 15.7. The molecule has 0 fully saturated rings. The van der Waals surface area contributed by atoms with Crippen LogP contribution in [-0.2, 0) is 19.6 Å². The van der Waals surface area contributed by atoms with E-state index in [4.69, 9.17) is 0 Å². The molecule has 2 aliphatic heterocycles. The summed E-state index contributed by atoms with van der Waals surface area (Å²) >= 11 is 0. The van der Waals surface area contributed by atoms with Crippen molar-refractivity contribution in [2.45, 2.75) is 19.6 Å². The van der Waals surface area contributed by atoms with Crippen LogP contribution in [-0.4, -0.2) is 20.1 Å². The van der Waals surface area contributed by atoms with Crippen molar-refractivity contribution < 1.29 is 0 Å². The molecule has 4 rings (SSSR count). The highest BCUT2D eigenvalue weighted by atomic mass is 15.2. The number of likely N-dealkylation sites (N-methyl/N-ethyl adjacent to an activating group) is 1. The molecule has 0 bridgehead atoms. The molecule has 0 unspecified atom stereocenters. The first-order chi connectivity index (χ1) is 10.3. The van der Waals surface area contributed by atoms with E-state index in [1.54, 1.807) is 0 Å². The molecule has 2 aromatic rings. The summed E-state index contributed by atoms with van der Waals surface area (Å²) < 4.78 is 0. The van der Waals surface area contributed by atoms with E-state index in [0.717, 1.165) is 32.7 Å². The van der Waals surface area contributed by atoms with E-state index >= 15 is 0 Å². The molecule has 2 aliphatic rings. The van der Waals surface area contributed by atoms with Crippen molar-refractivity contribution in [2.75, 3.05) is 29.9 Å². The molecular weight excluding hydrogens is 258 g/mol. The fraction of sp³-hybridized carbons (Fsp3) is 0.333. The van der Waals surface area contributed by atoms with Crippen molar-refractivity contribution in [3.8, 4) is 0 Å². The fourth-order valence-electron chi connectivity index (χ4n) is 3.40. The molecule has 1 N–H and O–H groups in total. The van der Waals surface area contributed by atoms with Crippen LogP contribution in [0, 0.1) is 0 Å². The van der Waals surface area contributed by atoms with Gasteiger partial charge in [0, 0.05) is 39.8 Å². The molecule has 0 saturated carbocycles. The highest BCUT2D eigenvalue weighted by Crippen LogP contribution is 2.33. The van der Waals surface area contributed by atoms with Gasteiger partial charge < -0.3 is 15.1 Å². The van der Waals surface area contributed by atoms with E-state index in [1.165, 1.54) is 28.1 Å². The average molecular weight is 279 g/mol. The maximum absolute atomic E-state index is 3.42. The van der Waals surface area contributed by atoms with Crippen molar-refractivity contribution in [3.05, 3.63) is 59.2 Å². The van der Waals surface area contributed by atoms with E-state index in [0.29, 0.717) is 0 Å². The predicted molar refractivity (Wildman–Crippen MR) is 87.7 cm³/mol. The monoisotopic (exact) mass is 279 g/mol. The van der Waals surface area contributed by atoms with Gasteiger partial charge >= 0.3 is 0 Å². The van der Waals surface area contributed by atoms with Crippen molar-refractivity contribution >= 4 is 11.4 Å². The Labute approximate surface area is 126 Å². The zero-order chi connectivity index (χ0) is 14.2. The number of nitrogens with zero attached hydrogens (tertiary/aromatic N) is 2. The Hall–Kier alpha value is -2.00. The lowest BCUT2D eigenvalue weighted by Crippen LogP contribution is -2.38. The van der Waals surface area contributed by atoms with Gasteiger partial charge in [0.05, 0.1) is 11.4 Å². The first kappa shape index (κ1) is 12.7. The van der Waals surface area contributed by atoms with Crippen LogP contribution in [0.25, 0.3) is 0 Å². The number of anilines is 2. The minimum Gasteiger partial charge on any atom is -0.371 e. The van der Waals surface area contributed by atoms with E-state index < -0.39 is 0 Å². The number of rotatable bonds is 2. The van der Waals surface area contributed by atoms with Gasteiger partial charge in [-0.25, -0.2) is 0 Å². The summed E-state index contributed by atoms with van der Waals surface area (Å²) in [4.78, 5) is 4.85. The predicted octanol–water partition coefficient (Wildman–Crippen LogP) is 2.75. The Morgan fingerprint density at radius 2 is 1.76 bits per heavy atom. The van der Waals surface area contributed by atoms with Crippen molar-refractivity contribution in [1.82, 2.24) is 5.32 Å². The third-order valence-electron chi connectivity index (χ3n) is 4.61. The van der Waals surface area contributed by atoms with Gasteiger partial charge in [-0.3, -0.25) is 0 Å². The zero-order valence-electron chi connectivity index (χ0n) is 12.5. The molecule has 0 radical (unpaired) electrons. The maximum Gasteiger partial charge on any atom is 0.0607 e.